The van der Waals surface area contributed by atoms with Crippen LogP contribution in [0.2, 0.25) is 0 Å². The summed E-state index contributed by atoms with van der Waals surface area (Å²) in [5, 5.41) is 5.88. The summed E-state index contributed by atoms with van der Waals surface area (Å²) in [6.45, 7) is 5.68. The van der Waals surface area contributed by atoms with Gasteiger partial charge in [-0.1, -0.05) is 13.0 Å². The van der Waals surface area contributed by atoms with Crippen molar-refractivity contribution in [1.29, 1.82) is 0 Å². The third kappa shape index (κ3) is 3.33. The van der Waals surface area contributed by atoms with Gasteiger partial charge in [-0.25, -0.2) is 0 Å². The van der Waals surface area contributed by atoms with Crippen LogP contribution in [0.25, 0.3) is 0 Å². The Morgan fingerprint density at radius 1 is 1.56 bits per heavy atom. The van der Waals surface area contributed by atoms with E-state index >= 15 is 0 Å². The summed E-state index contributed by atoms with van der Waals surface area (Å²) >= 11 is 1.82. The van der Waals surface area contributed by atoms with E-state index in [0.29, 0.717) is 12.1 Å². The lowest BCUT2D eigenvalue weighted by molar-refractivity contribution is -0.129. The molecule has 1 aromatic heterocycles. The summed E-state index contributed by atoms with van der Waals surface area (Å²) in [6, 6.07) is 5.34. The average Bonchev–Trinajstić information content (AvgIpc) is 2.90. The summed E-state index contributed by atoms with van der Waals surface area (Å²) in [6.07, 6.45) is 3.26. The van der Waals surface area contributed by atoms with Crippen molar-refractivity contribution in [3.05, 3.63) is 22.4 Å². The highest BCUT2D eigenvalue weighted by Gasteiger charge is 2.23. The molecule has 1 aliphatic heterocycles. The van der Waals surface area contributed by atoms with Gasteiger partial charge in [0, 0.05) is 37.0 Å². The zero-order valence-corrected chi connectivity index (χ0v) is 12.0. The molecule has 1 aromatic rings. The van der Waals surface area contributed by atoms with Crippen molar-refractivity contribution in [3.63, 3.8) is 0 Å². The standard InChI is InChI=1S/C14H22N2OS/c1-3-13(14-5-4-10-18-14)15-12-6-8-16(9-7-12)11(2)17/h4-5,10,12-13,15H,3,6-9H2,1-2H3. The van der Waals surface area contributed by atoms with Gasteiger partial charge in [0.05, 0.1) is 0 Å². The van der Waals surface area contributed by atoms with Crippen LogP contribution in [0, 0.1) is 0 Å². The number of nitrogens with zero attached hydrogens (tertiary/aromatic N) is 1. The normalized spacial score (nSPS) is 18.9. The van der Waals surface area contributed by atoms with E-state index in [9.17, 15) is 4.79 Å². The second-order valence-electron chi connectivity index (χ2n) is 4.92. The zero-order valence-electron chi connectivity index (χ0n) is 11.2. The molecule has 0 radical (unpaired) electrons. The predicted octanol–water partition coefficient (Wildman–Crippen LogP) is 2.80. The fourth-order valence-electron chi connectivity index (χ4n) is 2.54. The minimum Gasteiger partial charge on any atom is -0.343 e. The predicted molar refractivity (Wildman–Crippen MR) is 75.8 cm³/mol. The first kappa shape index (κ1) is 13.6. The molecule has 0 bridgehead atoms. The number of thiophene rings is 1. The monoisotopic (exact) mass is 266 g/mol. The van der Waals surface area contributed by atoms with Crippen LogP contribution >= 0.6 is 11.3 Å². The molecule has 1 amide bonds. The van der Waals surface area contributed by atoms with Crippen LogP contribution in [0.5, 0.6) is 0 Å². The first-order valence-electron chi connectivity index (χ1n) is 6.75. The molecule has 1 N–H and O–H groups in total. The first-order valence-corrected chi connectivity index (χ1v) is 7.63. The lowest BCUT2D eigenvalue weighted by atomic mass is 10.0. The minimum atomic E-state index is 0.207. The Morgan fingerprint density at radius 2 is 2.28 bits per heavy atom. The Bertz CT molecular complexity index is 369. The van der Waals surface area contributed by atoms with Crippen LogP contribution in [0.4, 0.5) is 0 Å². The van der Waals surface area contributed by atoms with E-state index in [-0.39, 0.29) is 5.91 Å². The maximum absolute atomic E-state index is 11.3. The topological polar surface area (TPSA) is 32.3 Å². The Kier molecular flexibility index (Phi) is 4.78. The Morgan fingerprint density at radius 3 is 2.78 bits per heavy atom. The van der Waals surface area contributed by atoms with Gasteiger partial charge in [-0.3, -0.25) is 4.79 Å². The van der Waals surface area contributed by atoms with Crippen molar-refractivity contribution < 1.29 is 4.79 Å². The summed E-state index contributed by atoms with van der Waals surface area (Å²) in [5.41, 5.74) is 0. The SMILES string of the molecule is CCC(NC1CCN(C(C)=O)CC1)c1cccs1. The number of amides is 1. The van der Waals surface area contributed by atoms with Gasteiger partial charge < -0.3 is 10.2 Å². The summed E-state index contributed by atoms with van der Waals surface area (Å²) in [7, 11) is 0. The molecule has 0 spiro atoms. The van der Waals surface area contributed by atoms with Gasteiger partial charge in [0.1, 0.15) is 0 Å². The molecule has 0 aromatic carbocycles. The third-order valence-electron chi connectivity index (χ3n) is 3.67. The van der Waals surface area contributed by atoms with Crippen molar-refractivity contribution in [2.45, 2.75) is 45.2 Å². The van der Waals surface area contributed by atoms with Crippen LogP contribution in [-0.2, 0) is 4.79 Å². The van der Waals surface area contributed by atoms with E-state index in [4.69, 9.17) is 0 Å². The van der Waals surface area contributed by atoms with Crippen LogP contribution < -0.4 is 5.32 Å². The van der Waals surface area contributed by atoms with Crippen molar-refractivity contribution >= 4 is 17.2 Å². The fourth-order valence-corrected chi connectivity index (χ4v) is 3.41. The van der Waals surface area contributed by atoms with Gasteiger partial charge in [-0.2, -0.15) is 0 Å². The number of hydrogen-bond acceptors (Lipinski definition) is 3. The van der Waals surface area contributed by atoms with Crippen LogP contribution in [0.1, 0.15) is 44.0 Å². The molecule has 1 saturated heterocycles. The van der Waals surface area contributed by atoms with E-state index in [1.165, 1.54) is 4.88 Å². The van der Waals surface area contributed by atoms with E-state index in [1.807, 2.05) is 16.2 Å². The van der Waals surface area contributed by atoms with Crippen molar-refractivity contribution in [2.24, 2.45) is 0 Å². The molecular formula is C14H22N2OS. The molecule has 18 heavy (non-hydrogen) atoms. The van der Waals surface area contributed by atoms with Gasteiger partial charge in [-0.05, 0) is 30.7 Å². The van der Waals surface area contributed by atoms with Crippen LogP contribution in [0.3, 0.4) is 0 Å². The molecule has 4 heteroatoms. The number of likely N-dealkylation sites (tertiary alicyclic amines) is 1. The largest absolute Gasteiger partial charge is 0.343 e. The molecular weight excluding hydrogens is 244 g/mol. The molecule has 1 atom stereocenters. The summed E-state index contributed by atoms with van der Waals surface area (Å²) in [5.74, 6) is 0.207. The molecule has 2 heterocycles. The average molecular weight is 266 g/mol. The number of hydrogen-bond donors (Lipinski definition) is 1. The molecule has 100 valence electrons. The van der Waals surface area contributed by atoms with Gasteiger partial charge in [0.2, 0.25) is 5.91 Å². The molecule has 1 fully saturated rings. The molecule has 1 aliphatic rings. The summed E-state index contributed by atoms with van der Waals surface area (Å²) < 4.78 is 0. The smallest absolute Gasteiger partial charge is 0.219 e. The molecule has 0 saturated carbocycles. The fraction of sp³-hybridized carbons (Fsp3) is 0.643. The molecule has 1 unspecified atom stereocenters. The second kappa shape index (κ2) is 6.34. The Hall–Kier alpha value is -0.870. The van der Waals surface area contributed by atoms with E-state index in [0.717, 1.165) is 32.4 Å². The second-order valence-corrected chi connectivity index (χ2v) is 5.90. The van der Waals surface area contributed by atoms with E-state index in [1.54, 1.807) is 6.92 Å². The Balaban J connectivity index is 1.85. The molecule has 3 nitrogen and oxygen atoms in total. The number of carbonyl (C=O) groups excluding carboxylic acids is 1. The number of nitrogens with one attached hydrogen (secondary N) is 1. The van der Waals surface area contributed by atoms with Crippen molar-refractivity contribution in [2.75, 3.05) is 13.1 Å². The first-order chi connectivity index (χ1) is 8.70. The lowest BCUT2D eigenvalue weighted by Gasteiger charge is -2.33. The molecule has 2 rings (SSSR count). The van der Waals surface area contributed by atoms with Crippen LogP contribution in [0.15, 0.2) is 17.5 Å². The van der Waals surface area contributed by atoms with Gasteiger partial charge in [-0.15, -0.1) is 11.3 Å². The highest BCUT2D eigenvalue weighted by atomic mass is 32.1. The van der Waals surface area contributed by atoms with Gasteiger partial charge in [0.15, 0.2) is 0 Å². The van der Waals surface area contributed by atoms with Crippen molar-refractivity contribution in [1.82, 2.24) is 10.2 Å². The third-order valence-corrected chi connectivity index (χ3v) is 4.66. The maximum atomic E-state index is 11.3. The highest BCUT2D eigenvalue weighted by Crippen LogP contribution is 2.24. The summed E-state index contributed by atoms with van der Waals surface area (Å²) in [4.78, 5) is 14.6. The lowest BCUT2D eigenvalue weighted by Crippen LogP contribution is -2.45. The number of rotatable bonds is 4. The van der Waals surface area contributed by atoms with E-state index < -0.39 is 0 Å². The highest BCUT2D eigenvalue weighted by molar-refractivity contribution is 7.10. The Labute approximate surface area is 113 Å². The van der Waals surface area contributed by atoms with Crippen LogP contribution in [-0.4, -0.2) is 29.9 Å². The van der Waals surface area contributed by atoms with Gasteiger partial charge >= 0.3 is 0 Å². The minimum absolute atomic E-state index is 0.207. The zero-order chi connectivity index (χ0) is 13.0. The van der Waals surface area contributed by atoms with E-state index in [2.05, 4.69) is 29.8 Å². The quantitative estimate of drug-likeness (QED) is 0.909. The molecule has 0 aliphatic carbocycles. The van der Waals surface area contributed by atoms with Gasteiger partial charge in [0.25, 0.3) is 0 Å². The number of carbonyl (C=O) groups is 1. The van der Waals surface area contributed by atoms with Crippen molar-refractivity contribution in [3.8, 4) is 0 Å². The number of piperidine rings is 1. The maximum Gasteiger partial charge on any atom is 0.219 e.